The lowest BCUT2D eigenvalue weighted by atomic mass is 10.2. The molecular weight excluding hydrogens is 362 g/mol. The fourth-order valence-electron chi connectivity index (χ4n) is 2.90. The van der Waals surface area contributed by atoms with Crippen molar-refractivity contribution in [3.63, 3.8) is 0 Å². The predicted molar refractivity (Wildman–Crippen MR) is 104 cm³/mol. The van der Waals surface area contributed by atoms with Crippen LogP contribution in [-0.4, -0.2) is 25.7 Å². The number of aromatic nitrogens is 4. The minimum atomic E-state index is -0.287. The fraction of sp³-hybridized carbons (Fsp3) is 0.100. The van der Waals surface area contributed by atoms with Crippen molar-refractivity contribution in [1.82, 2.24) is 25.1 Å². The van der Waals surface area contributed by atoms with E-state index in [2.05, 4.69) is 20.4 Å². The van der Waals surface area contributed by atoms with E-state index in [-0.39, 0.29) is 5.91 Å². The van der Waals surface area contributed by atoms with Crippen LogP contribution in [0.2, 0.25) is 5.02 Å². The quantitative estimate of drug-likeness (QED) is 0.588. The van der Waals surface area contributed by atoms with Crippen molar-refractivity contribution in [2.45, 2.75) is 13.5 Å². The van der Waals surface area contributed by atoms with Gasteiger partial charge in [0.05, 0.1) is 27.4 Å². The average Bonchev–Trinajstić information content (AvgIpc) is 3.05. The molecule has 27 heavy (non-hydrogen) atoms. The van der Waals surface area contributed by atoms with Crippen LogP contribution in [0, 0.1) is 6.92 Å². The van der Waals surface area contributed by atoms with E-state index in [0.717, 1.165) is 11.3 Å². The van der Waals surface area contributed by atoms with Gasteiger partial charge in [0.15, 0.2) is 5.65 Å². The summed E-state index contributed by atoms with van der Waals surface area (Å²) in [6.07, 6.45) is 4.88. The largest absolute Gasteiger partial charge is 0.348 e. The maximum absolute atomic E-state index is 12.6. The normalized spacial score (nSPS) is 10.9. The number of hydrogen-bond acceptors (Lipinski definition) is 4. The summed E-state index contributed by atoms with van der Waals surface area (Å²) in [4.78, 5) is 21.1. The molecule has 0 spiro atoms. The Morgan fingerprint density at radius 3 is 2.70 bits per heavy atom. The van der Waals surface area contributed by atoms with Crippen LogP contribution < -0.4 is 5.32 Å². The molecule has 0 saturated carbocycles. The number of aryl methyl sites for hydroxylation is 1. The number of rotatable bonds is 4. The lowest BCUT2D eigenvalue weighted by Crippen LogP contribution is -2.23. The molecular formula is C20H16ClN5O. The first kappa shape index (κ1) is 17.2. The van der Waals surface area contributed by atoms with E-state index in [1.807, 2.05) is 49.4 Å². The number of nitrogens with zero attached hydrogens (tertiary/aromatic N) is 4. The van der Waals surface area contributed by atoms with E-state index in [4.69, 9.17) is 11.6 Å². The smallest absolute Gasteiger partial charge is 0.254 e. The first-order valence-corrected chi connectivity index (χ1v) is 8.79. The van der Waals surface area contributed by atoms with E-state index < -0.39 is 0 Å². The average molecular weight is 378 g/mol. The van der Waals surface area contributed by atoms with Gasteiger partial charge in [-0.2, -0.15) is 5.10 Å². The van der Waals surface area contributed by atoms with Gasteiger partial charge >= 0.3 is 0 Å². The molecule has 4 aromatic rings. The monoisotopic (exact) mass is 377 g/mol. The number of nitrogens with one attached hydrogen (secondary N) is 1. The number of halogens is 1. The van der Waals surface area contributed by atoms with Crippen LogP contribution in [0.4, 0.5) is 0 Å². The molecule has 6 nitrogen and oxygen atoms in total. The number of carbonyl (C=O) groups excluding carboxylic acids is 1. The molecule has 0 aliphatic rings. The second-order valence-corrected chi connectivity index (χ2v) is 6.44. The number of amides is 1. The van der Waals surface area contributed by atoms with Gasteiger partial charge in [0.1, 0.15) is 0 Å². The third-order valence-electron chi connectivity index (χ3n) is 4.23. The molecule has 0 atom stereocenters. The third kappa shape index (κ3) is 3.27. The molecule has 0 fully saturated rings. The van der Waals surface area contributed by atoms with Gasteiger partial charge in [0.2, 0.25) is 0 Å². The van der Waals surface area contributed by atoms with E-state index in [1.165, 1.54) is 6.20 Å². The summed E-state index contributed by atoms with van der Waals surface area (Å²) in [5, 5.41) is 8.42. The molecule has 1 aromatic carbocycles. The third-order valence-corrected chi connectivity index (χ3v) is 4.62. The van der Waals surface area contributed by atoms with Gasteiger partial charge in [-0.3, -0.25) is 9.78 Å². The Balaban J connectivity index is 1.68. The summed E-state index contributed by atoms with van der Waals surface area (Å²) >= 11 is 6.56. The number of pyridine rings is 2. The zero-order chi connectivity index (χ0) is 18.8. The zero-order valence-electron chi connectivity index (χ0n) is 14.6. The van der Waals surface area contributed by atoms with E-state index in [9.17, 15) is 4.79 Å². The Morgan fingerprint density at radius 1 is 1.15 bits per heavy atom. The summed E-state index contributed by atoms with van der Waals surface area (Å²) in [6.45, 7) is 2.22. The molecule has 3 aromatic heterocycles. The molecule has 0 aliphatic heterocycles. The van der Waals surface area contributed by atoms with Gasteiger partial charge in [-0.1, -0.05) is 35.9 Å². The van der Waals surface area contributed by atoms with Crippen LogP contribution in [0.25, 0.3) is 16.7 Å². The molecule has 0 aliphatic carbocycles. The lowest BCUT2D eigenvalue weighted by Gasteiger charge is -2.08. The maximum atomic E-state index is 12.6. The molecule has 1 amide bonds. The minimum absolute atomic E-state index is 0.287. The summed E-state index contributed by atoms with van der Waals surface area (Å²) in [5.41, 5.74) is 3.45. The molecule has 0 saturated heterocycles. The molecule has 7 heteroatoms. The Bertz CT molecular complexity index is 1110. The summed E-state index contributed by atoms with van der Waals surface area (Å²) < 4.78 is 1.73. The summed E-state index contributed by atoms with van der Waals surface area (Å²) in [5.74, 6) is -0.287. The van der Waals surface area contributed by atoms with Gasteiger partial charge in [0.25, 0.3) is 5.91 Å². The van der Waals surface area contributed by atoms with Crippen molar-refractivity contribution in [2.24, 2.45) is 0 Å². The van der Waals surface area contributed by atoms with Crippen LogP contribution in [0.1, 0.15) is 21.6 Å². The van der Waals surface area contributed by atoms with Gasteiger partial charge in [-0.05, 0) is 30.7 Å². The number of fused-ring (bicyclic) bond motifs is 1. The SMILES string of the molecule is Cc1nn(-c2ccccc2)c2ncc(C(=O)NCc3cccnc3)c(Cl)c12. The maximum Gasteiger partial charge on any atom is 0.254 e. The topological polar surface area (TPSA) is 72.7 Å². The first-order valence-electron chi connectivity index (χ1n) is 8.41. The highest BCUT2D eigenvalue weighted by molar-refractivity contribution is 6.38. The molecule has 0 unspecified atom stereocenters. The minimum Gasteiger partial charge on any atom is -0.348 e. The van der Waals surface area contributed by atoms with Gasteiger partial charge in [-0.25, -0.2) is 9.67 Å². The zero-order valence-corrected chi connectivity index (χ0v) is 15.3. The number of benzene rings is 1. The van der Waals surface area contributed by atoms with Crippen molar-refractivity contribution >= 4 is 28.5 Å². The number of para-hydroxylation sites is 1. The van der Waals surface area contributed by atoms with Crippen LogP contribution in [0.3, 0.4) is 0 Å². The second-order valence-electron chi connectivity index (χ2n) is 6.06. The summed E-state index contributed by atoms with van der Waals surface area (Å²) in [6, 6.07) is 13.4. The molecule has 0 bridgehead atoms. The molecule has 4 rings (SSSR count). The first-order chi connectivity index (χ1) is 13.1. The van der Waals surface area contributed by atoms with Crippen molar-refractivity contribution in [3.05, 3.63) is 82.9 Å². The highest BCUT2D eigenvalue weighted by Gasteiger charge is 2.19. The molecule has 3 heterocycles. The van der Waals surface area contributed by atoms with Crippen LogP contribution >= 0.6 is 11.6 Å². The van der Waals surface area contributed by atoms with Crippen LogP contribution in [-0.2, 0) is 6.54 Å². The van der Waals surface area contributed by atoms with E-state index >= 15 is 0 Å². The Morgan fingerprint density at radius 2 is 1.96 bits per heavy atom. The highest BCUT2D eigenvalue weighted by Crippen LogP contribution is 2.29. The molecule has 1 N–H and O–H groups in total. The highest BCUT2D eigenvalue weighted by atomic mass is 35.5. The van der Waals surface area contributed by atoms with Gasteiger partial charge in [-0.15, -0.1) is 0 Å². The van der Waals surface area contributed by atoms with Crippen molar-refractivity contribution in [3.8, 4) is 5.69 Å². The van der Waals surface area contributed by atoms with Gasteiger partial charge < -0.3 is 5.32 Å². The molecule has 134 valence electrons. The Hall–Kier alpha value is -3.25. The predicted octanol–water partition coefficient (Wildman–Crippen LogP) is 3.71. The van der Waals surface area contributed by atoms with Crippen LogP contribution in [0.15, 0.2) is 61.1 Å². The van der Waals surface area contributed by atoms with Crippen LogP contribution in [0.5, 0.6) is 0 Å². The fourth-order valence-corrected chi connectivity index (χ4v) is 3.25. The number of carbonyl (C=O) groups is 1. The van der Waals surface area contributed by atoms with E-state index in [1.54, 1.807) is 17.1 Å². The summed E-state index contributed by atoms with van der Waals surface area (Å²) in [7, 11) is 0. The van der Waals surface area contributed by atoms with E-state index in [0.29, 0.717) is 33.9 Å². The molecule has 0 radical (unpaired) electrons. The number of hydrogen-bond donors (Lipinski definition) is 1. The van der Waals surface area contributed by atoms with Crippen molar-refractivity contribution < 1.29 is 4.79 Å². The standard InChI is InChI=1S/C20H16ClN5O/c1-13-17-18(21)16(20(27)24-11-14-6-5-9-22-10-14)12-23-19(17)26(25-13)15-7-3-2-4-8-15/h2-10,12H,11H2,1H3,(H,24,27). The Kier molecular flexibility index (Phi) is 4.56. The van der Waals surface area contributed by atoms with Gasteiger partial charge in [0, 0.05) is 25.1 Å². The second kappa shape index (κ2) is 7.17. The Labute approximate surface area is 160 Å². The lowest BCUT2D eigenvalue weighted by molar-refractivity contribution is 0.0951. The van der Waals surface area contributed by atoms with Crippen molar-refractivity contribution in [1.29, 1.82) is 0 Å². The van der Waals surface area contributed by atoms with Crippen molar-refractivity contribution in [2.75, 3.05) is 0 Å².